The second-order valence-corrected chi connectivity index (χ2v) is 5.53. The Morgan fingerprint density at radius 3 is 2.50 bits per heavy atom. The fourth-order valence-electron chi connectivity index (χ4n) is 2.26. The normalized spacial score (nSPS) is 15.1. The van der Waals surface area contributed by atoms with Crippen LogP contribution in [-0.2, 0) is 30.4 Å². The molecule has 0 unspecified atom stereocenters. The summed E-state index contributed by atoms with van der Waals surface area (Å²) in [5.41, 5.74) is -1.15. The Hall–Kier alpha value is -2.72. The van der Waals surface area contributed by atoms with Crippen LogP contribution in [0.25, 0.3) is 0 Å². The molecular weight excluding hydrogens is 346 g/mol. The summed E-state index contributed by atoms with van der Waals surface area (Å²) >= 11 is 0. The molecular formula is C16H21N3O7. The van der Waals surface area contributed by atoms with Gasteiger partial charge in [-0.2, -0.15) is 0 Å². The Bertz CT molecular complexity index is 718. The van der Waals surface area contributed by atoms with Gasteiger partial charge in [0, 0.05) is 37.9 Å². The zero-order valence-electron chi connectivity index (χ0n) is 14.2. The highest BCUT2D eigenvalue weighted by Crippen LogP contribution is 1.98. The standard InChI is InChI=1S/C16H21N3O7/c20-13-10-12(17-16(23)18-13)11-26-15(22)3-2-14(21)25-7-1-4-19-5-8-24-9-6-19/h2-3,10H,1,4-9,11H2,(H2,17,18,20,23)/b3-2+. The van der Waals surface area contributed by atoms with Gasteiger partial charge in [-0.3, -0.25) is 14.7 Å². The van der Waals surface area contributed by atoms with Crippen LogP contribution in [0, 0.1) is 0 Å². The van der Waals surface area contributed by atoms with E-state index in [1.54, 1.807) is 0 Å². The van der Waals surface area contributed by atoms with Gasteiger partial charge >= 0.3 is 17.6 Å². The summed E-state index contributed by atoms with van der Waals surface area (Å²) in [6, 6.07) is 1.10. The first-order valence-corrected chi connectivity index (χ1v) is 8.17. The summed E-state index contributed by atoms with van der Waals surface area (Å²) < 4.78 is 15.1. The number of hydrogen-bond donors (Lipinski definition) is 2. The minimum absolute atomic E-state index is 0.145. The quantitative estimate of drug-likeness (QED) is 0.337. The zero-order valence-corrected chi connectivity index (χ0v) is 14.2. The summed E-state index contributed by atoms with van der Waals surface area (Å²) in [5.74, 6) is -1.44. The number of H-pyrrole nitrogens is 2. The van der Waals surface area contributed by atoms with Gasteiger partial charge in [-0.1, -0.05) is 0 Å². The van der Waals surface area contributed by atoms with E-state index in [0.717, 1.165) is 51.1 Å². The molecule has 0 aliphatic carbocycles. The number of nitrogens with one attached hydrogen (secondary N) is 2. The van der Waals surface area contributed by atoms with Crippen LogP contribution in [0.4, 0.5) is 0 Å². The lowest BCUT2D eigenvalue weighted by Gasteiger charge is -2.26. The molecule has 26 heavy (non-hydrogen) atoms. The maximum Gasteiger partial charge on any atom is 0.331 e. The van der Waals surface area contributed by atoms with Crippen molar-refractivity contribution in [2.24, 2.45) is 0 Å². The fourth-order valence-corrected chi connectivity index (χ4v) is 2.26. The summed E-state index contributed by atoms with van der Waals surface area (Å²) in [7, 11) is 0. The van der Waals surface area contributed by atoms with Crippen LogP contribution in [0.1, 0.15) is 12.1 Å². The minimum Gasteiger partial charge on any atom is -0.462 e. The average Bonchev–Trinajstić information content (AvgIpc) is 2.62. The van der Waals surface area contributed by atoms with Gasteiger partial charge in [0.05, 0.1) is 25.5 Å². The van der Waals surface area contributed by atoms with Crippen molar-refractivity contribution in [2.45, 2.75) is 13.0 Å². The number of aromatic amines is 2. The van der Waals surface area contributed by atoms with Crippen molar-refractivity contribution < 1.29 is 23.8 Å². The molecule has 0 saturated carbocycles. The molecule has 1 fully saturated rings. The molecule has 2 heterocycles. The predicted octanol–water partition coefficient (Wildman–Crippen LogP) is -1.07. The number of esters is 2. The molecule has 1 aromatic rings. The molecule has 10 heteroatoms. The van der Waals surface area contributed by atoms with Gasteiger partial charge in [0.2, 0.25) is 0 Å². The topological polar surface area (TPSA) is 131 Å². The third kappa shape index (κ3) is 7.45. The molecule has 1 aromatic heterocycles. The number of rotatable bonds is 8. The Balaban J connectivity index is 1.62. The van der Waals surface area contributed by atoms with Gasteiger partial charge in [-0.25, -0.2) is 14.4 Å². The maximum absolute atomic E-state index is 11.5. The Labute approximate surface area is 148 Å². The zero-order chi connectivity index (χ0) is 18.8. The predicted molar refractivity (Wildman–Crippen MR) is 89.5 cm³/mol. The number of morpholine rings is 1. The van der Waals surface area contributed by atoms with Crippen LogP contribution in [0.3, 0.4) is 0 Å². The molecule has 2 rings (SSSR count). The number of ether oxygens (including phenoxy) is 3. The van der Waals surface area contributed by atoms with Gasteiger partial charge in [-0.05, 0) is 6.42 Å². The highest BCUT2D eigenvalue weighted by Gasteiger charge is 2.09. The van der Waals surface area contributed by atoms with Crippen LogP contribution in [0.2, 0.25) is 0 Å². The van der Waals surface area contributed by atoms with Gasteiger partial charge in [0.25, 0.3) is 5.56 Å². The van der Waals surface area contributed by atoms with Crippen molar-refractivity contribution in [1.29, 1.82) is 0 Å². The molecule has 0 radical (unpaired) electrons. The summed E-state index contributed by atoms with van der Waals surface area (Å²) in [5, 5.41) is 0. The lowest BCUT2D eigenvalue weighted by atomic mass is 10.3. The van der Waals surface area contributed by atoms with E-state index in [2.05, 4.69) is 9.88 Å². The molecule has 0 spiro atoms. The Morgan fingerprint density at radius 1 is 1.12 bits per heavy atom. The van der Waals surface area contributed by atoms with Crippen molar-refractivity contribution in [3.05, 3.63) is 44.8 Å². The van der Waals surface area contributed by atoms with Crippen molar-refractivity contribution in [3.63, 3.8) is 0 Å². The highest BCUT2D eigenvalue weighted by molar-refractivity contribution is 5.91. The van der Waals surface area contributed by atoms with E-state index in [0.29, 0.717) is 6.42 Å². The van der Waals surface area contributed by atoms with Crippen LogP contribution in [0.15, 0.2) is 27.8 Å². The SMILES string of the molecule is O=C(/C=C/C(=O)OCc1cc(=O)[nH]c(=O)[nH]1)OCCCN1CCOCC1. The molecule has 0 bridgehead atoms. The maximum atomic E-state index is 11.5. The van der Waals surface area contributed by atoms with Crippen LogP contribution < -0.4 is 11.2 Å². The van der Waals surface area contributed by atoms with E-state index < -0.39 is 23.2 Å². The fraction of sp³-hybridized carbons (Fsp3) is 0.500. The monoisotopic (exact) mass is 367 g/mol. The third-order valence-corrected chi connectivity index (χ3v) is 3.51. The molecule has 0 atom stereocenters. The van der Waals surface area contributed by atoms with E-state index in [4.69, 9.17) is 14.2 Å². The number of carbonyl (C=O) groups excluding carboxylic acids is 2. The van der Waals surface area contributed by atoms with E-state index in [1.165, 1.54) is 0 Å². The first-order valence-electron chi connectivity index (χ1n) is 8.17. The number of carbonyl (C=O) groups is 2. The van der Waals surface area contributed by atoms with Crippen LogP contribution >= 0.6 is 0 Å². The molecule has 0 amide bonds. The molecule has 142 valence electrons. The Kier molecular flexibility index (Phi) is 7.77. The second-order valence-electron chi connectivity index (χ2n) is 5.53. The third-order valence-electron chi connectivity index (χ3n) is 3.51. The van der Waals surface area contributed by atoms with Crippen molar-refractivity contribution in [2.75, 3.05) is 39.5 Å². The highest BCUT2D eigenvalue weighted by atomic mass is 16.5. The molecule has 2 N–H and O–H groups in total. The Morgan fingerprint density at radius 2 is 1.81 bits per heavy atom. The van der Waals surface area contributed by atoms with E-state index in [-0.39, 0.29) is 18.9 Å². The number of hydrogen-bond acceptors (Lipinski definition) is 8. The second kappa shape index (κ2) is 10.3. The smallest absolute Gasteiger partial charge is 0.331 e. The molecule has 1 aliphatic heterocycles. The van der Waals surface area contributed by atoms with E-state index >= 15 is 0 Å². The summed E-state index contributed by atoms with van der Waals surface area (Å²) in [6.07, 6.45) is 2.59. The van der Waals surface area contributed by atoms with Crippen molar-refractivity contribution >= 4 is 11.9 Å². The lowest BCUT2D eigenvalue weighted by molar-refractivity contribution is -0.141. The first-order chi connectivity index (χ1) is 12.5. The molecule has 1 aliphatic rings. The van der Waals surface area contributed by atoms with Gasteiger partial charge < -0.3 is 19.2 Å². The van der Waals surface area contributed by atoms with Crippen molar-refractivity contribution in [1.82, 2.24) is 14.9 Å². The first kappa shape index (κ1) is 19.6. The van der Waals surface area contributed by atoms with E-state index in [1.807, 2.05) is 4.98 Å². The summed E-state index contributed by atoms with van der Waals surface area (Å²) in [6.45, 7) is 3.96. The lowest BCUT2D eigenvalue weighted by Crippen LogP contribution is -2.37. The van der Waals surface area contributed by atoms with E-state index in [9.17, 15) is 19.2 Å². The van der Waals surface area contributed by atoms with Crippen LogP contribution in [0.5, 0.6) is 0 Å². The summed E-state index contributed by atoms with van der Waals surface area (Å²) in [4.78, 5) is 51.7. The largest absolute Gasteiger partial charge is 0.462 e. The van der Waals surface area contributed by atoms with Gasteiger partial charge in [0.15, 0.2) is 0 Å². The molecule has 10 nitrogen and oxygen atoms in total. The van der Waals surface area contributed by atoms with Gasteiger partial charge in [0.1, 0.15) is 6.61 Å². The molecule has 0 aromatic carbocycles. The molecule has 1 saturated heterocycles. The van der Waals surface area contributed by atoms with Crippen molar-refractivity contribution in [3.8, 4) is 0 Å². The van der Waals surface area contributed by atoms with Gasteiger partial charge in [-0.15, -0.1) is 0 Å². The number of nitrogens with zero attached hydrogens (tertiary/aromatic N) is 1. The van der Waals surface area contributed by atoms with Crippen LogP contribution in [-0.4, -0.2) is 66.3 Å². The average molecular weight is 367 g/mol. The number of aromatic nitrogens is 2. The minimum atomic E-state index is -0.795.